The number of fused-ring (bicyclic) bond motifs is 1. The Morgan fingerprint density at radius 2 is 2.07 bits per heavy atom. The number of halogens is 1. The summed E-state index contributed by atoms with van der Waals surface area (Å²) in [6, 6.07) is 12.5. The van der Waals surface area contributed by atoms with Gasteiger partial charge in [-0.25, -0.2) is 9.79 Å². The summed E-state index contributed by atoms with van der Waals surface area (Å²) in [6.45, 7) is 3.78. The molecule has 3 heterocycles. The molecule has 0 unspecified atom stereocenters. The van der Waals surface area contributed by atoms with E-state index >= 15 is 0 Å². The number of aromatic nitrogens is 1. The van der Waals surface area contributed by atoms with E-state index in [1.807, 2.05) is 42.5 Å². The van der Waals surface area contributed by atoms with Crippen LogP contribution in [0.3, 0.4) is 0 Å². The summed E-state index contributed by atoms with van der Waals surface area (Å²) in [5, 5.41) is 0. The molecule has 4 rings (SSSR count). The minimum atomic E-state index is -0.592. The molecule has 0 saturated carbocycles. The monoisotopic (exact) mass is 520 g/mol. The molecule has 0 saturated heterocycles. The van der Waals surface area contributed by atoms with E-state index in [4.69, 9.17) is 9.15 Å². The first-order valence-corrected chi connectivity index (χ1v) is 10.9. The molecule has 0 spiro atoms. The molecule has 0 radical (unpaired) electrons. The highest BCUT2D eigenvalue weighted by molar-refractivity contribution is 14.1. The molecule has 6 nitrogen and oxygen atoms in total. The van der Waals surface area contributed by atoms with Crippen LogP contribution in [-0.4, -0.2) is 17.1 Å². The normalized spacial score (nSPS) is 16.5. The maximum Gasteiger partial charge on any atom is 0.338 e. The van der Waals surface area contributed by atoms with Gasteiger partial charge in [0.2, 0.25) is 0 Å². The molecular formula is C21H17IN2O4S. The van der Waals surface area contributed by atoms with Crippen LogP contribution in [-0.2, 0) is 9.53 Å². The van der Waals surface area contributed by atoms with Gasteiger partial charge in [-0.2, -0.15) is 0 Å². The fourth-order valence-corrected chi connectivity index (χ4v) is 4.74. The molecule has 0 bridgehead atoms. The highest BCUT2D eigenvalue weighted by Gasteiger charge is 2.33. The third-order valence-corrected chi connectivity index (χ3v) is 6.06. The number of furan rings is 1. The standard InChI is InChI=1S/C21H17IN2O4S/c1-3-27-20(26)17-12(2)23-21-24(18(17)13-7-5-4-6-8-13)19(25)15(29-21)11-14-9-10-16(22)28-14/h4-11,18H,3H2,1-2H3/b15-11+/t18-/m1/s1. The Hall–Kier alpha value is -2.46. The van der Waals surface area contributed by atoms with Crippen LogP contribution >= 0.6 is 33.9 Å². The molecular weight excluding hydrogens is 503 g/mol. The van der Waals surface area contributed by atoms with Crippen molar-refractivity contribution in [2.45, 2.75) is 19.9 Å². The van der Waals surface area contributed by atoms with E-state index in [9.17, 15) is 9.59 Å². The van der Waals surface area contributed by atoms with Crippen molar-refractivity contribution in [3.05, 3.63) is 88.5 Å². The number of carbonyl (C=O) groups excluding carboxylic acids is 1. The van der Waals surface area contributed by atoms with Crippen LogP contribution in [0.5, 0.6) is 0 Å². The summed E-state index contributed by atoms with van der Waals surface area (Å²) in [5.41, 5.74) is 1.54. The number of hydrogen-bond donors (Lipinski definition) is 0. The lowest BCUT2D eigenvalue weighted by molar-refractivity contribution is -0.139. The van der Waals surface area contributed by atoms with Crippen molar-refractivity contribution in [3.8, 4) is 0 Å². The summed E-state index contributed by atoms with van der Waals surface area (Å²) >= 11 is 3.35. The van der Waals surface area contributed by atoms with Crippen LogP contribution in [0.2, 0.25) is 0 Å². The fraction of sp³-hybridized carbons (Fsp3) is 0.190. The lowest BCUT2D eigenvalue weighted by atomic mass is 9.96. The zero-order valence-corrected chi connectivity index (χ0v) is 18.7. The molecule has 1 atom stereocenters. The van der Waals surface area contributed by atoms with Gasteiger partial charge in [-0.15, -0.1) is 0 Å². The Balaban J connectivity index is 1.96. The molecule has 0 N–H and O–H groups in total. The summed E-state index contributed by atoms with van der Waals surface area (Å²) in [5.74, 6) is 0.134. The fourth-order valence-electron chi connectivity index (χ4n) is 3.28. The number of allylic oxidation sites excluding steroid dienone is 1. The molecule has 29 heavy (non-hydrogen) atoms. The van der Waals surface area contributed by atoms with Crippen LogP contribution in [0.1, 0.15) is 31.2 Å². The van der Waals surface area contributed by atoms with Crippen molar-refractivity contribution in [2.75, 3.05) is 6.61 Å². The van der Waals surface area contributed by atoms with E-state index in [0.717, 1.165) is 9.33 Å². The summed E-state index contributed by atoms with van der Waals surface area (Å²) < 4.78 is 13.6. The van der Waals surface area contributed by atoms with E-state index in [-0.39, 0.29) is 12.2 Å². The number of thiazole rings is 1. The van der Waals surface area contributed by atoms with Gasteiger partial charge in [0.15, 0.2) is 8.57 Å². The summed E-state index contributed by atoms with van der Waals surface area (Å²) in [4.78, 5) is 31.1. The number of rotatable bonds is 4. The van der Waals surface area contributed by atoms with Crippen LogP contribution in [0, 0.1) is 3.77 Å². The van der Waals surface area contributed by atoms with E-state index in [1.165, 1.54) is 11.3 Å². The number of benzene rings is 1. The lowest BCUT2D eigenvalue weighted by Crippen LogP contribution is -2.39. The zero-order chi connectivity index (χ0) is 20.5. The lowest BCUT2D eigenvalue weighted by Gasteiger charge is -2.24. The molecule has 0 fully saturated rings. The summed E-state index contributed by atoms with van der Waals surface area (Å²) in [7, 11) is 0. The minimum absolute atomic E-state index is 0.219. The molecule has 1 aliphatic heterocycles. The number of nitrogens with zero attached hydrogens (tertiary/aromatic N) is 2. The topological polar surface area (TPSA) is 73.8 Å². The molecule has 0 amide bonds. The van der Waals surface area contributed by atoms with Crippen LogP contribution in [0.15, 0.2) is 67.9 Å². The largest absolute Gasteiger partial charge is 0.463 e. The Morgan fingerprint density at radius 3 is 2.72 bits per heavy atom. The third kappa shape index (κ3) is 3.74. The van der Waals surface area contributed by atoms with Crippen LogP contribution < -0.4 is 14.9 Å². The predicted octanol–water partition coefficient (Wildman–Crippen LogP) is 3.00. The number of hydrogen-bond acceptors (Lipinski definition) is 6. The Labute approximate surface area is 184 Å². The SMILES string of the molecule is CCOC(=O)C1=C(C)N=c2s/c(=C/c3ccc(I)o3)c(=O)n2[C@@H]1c1ccccc1. The Kier molecular flexibility index (Phi) is 5.55. The maximum absolute atomic E-state index is 13.3. The van der Waals surface area contributed by atoms with Gasteiger partial charge < -0.3 is 9.15 Å². The zero-order valence-electron chi connectivity index (χ0n) is 15.7. The molecule has 148 valence electrons. The first-order chi connectivity index (χ1) is 14.0. The highest BCUT2D eigenvalue weighted by atomic mass is 127. The summed E-state index contributed by atoms with van der Waals surface area (Å²) in [6.07, 6.45) is 1.71. The van der Waals surface area contributed by atoms with Crippen molar-refractivity contribution in [1.29, 1.82) is 0 Å². The predicted molar refractivity (Wildman–Crippen MR) is 118 cm³/mol. The van der Waals surface area contributed by atoms with Crippen molar-refractivity contribution in [3.63, 3.8) is 0 Å². The Bertz CT molecular complexity index is 1280. The third-order valence-electron chi connectivity index (χ3n) is 4.50. The average Bonchev–Trinajstić information content (AvgIpc) is 3.24. The average molecular weight is 520 g/mol. The van der Waals surface area contributed by atoms with E-state index in [1.54, 1.807) is 24.5 Å². The molecule has 0 aliphatic carbocycles. The smallest absolute Gasteiger partial charge is 0.338 e. The van der Waals surface area contributed by atoms with Gasteiger partial charge in [0.25, 0.3) is 5.56 Å². The van der Waals surface area contributed by atoms with Crippen molar-refractivity contribution < 1.29 is 13.9 Å². The van der Waals surface area contributed by atoms with Gasteiger partial charge in [0, 0.05) is 6.08 Å². The van der Waals surface area contributed by atoms with E-state index in [0.29, 0.717) is 26.4 Å². The second-order valence-corrected chi connectivity index (χ2v) is 8.43. The first kappa shape index (κ1) is 19.8. The van der Waals surface area contributed by atoms with Gasteiger partial charge in [-0.3, -0.25) is 9.36 Å². The second kappa shape index (κ2) is 8.11. The molecule has 1 aromatic carbocycles. The molecule has 8 heteroatoms. The number of ether oxygens (including phenoxy) is 1. The molecule has 1 aliphatic rings. The van der Waals surface area contributed by atoms with Crippen LogP contribution in [0.4, 0.5) is 0 Å². The quantitative estimate of drug-likeness (QED) is 0.392. The van der Waals surface area contributed by atoms with Gasteiger partial charge in [0.1, 0.15) is 5.76 Å². The van der Waals surface area contributed by atoms with Crippen molar-refractivity contribution in [1.82, 2.24) is 4.57 Å². The second-order valence-electron chi connectivity index (χ2n) is 6.35. The highest BCUT2D eigenvalue weighted by Crippen LogP contribution is 2.30. The van der Waals surface area contributed by atoms with E-state index in [2.05, 4.69) is 27.6 Å². The molecule has 3 aromatic rings. The van der Waals surface area contributed by atoms with Gasteiger partial charge >= 0.3 is 5.97 Å². The van der Waals surface area contributed by atoms with Crippen molar-refractivity contribution in [2.24, 2.45) is 4.99 Å². The van der Waals surface area contributed by atoms with Crippen LogP contribution in [0.25, 0.3) is 6.08 Å². The van der Waals surface area contributed by atoms with Crippen molar-refractivity contribution >= 4 is 46.0 Å². The number of esters is 1. The van der Waals surface area contributed by atoms with E-state index < -0.39 is 12.0 Å². The molecule has 2 aromatic heterocycles. The number of carbonyl (C=O) groups is 1. The maximum atomic E-state index is 13.3. The van der Waals surface area contributed by atoms with Gasteiger partial charge in [-0.05, 0) is 54.1 Å². The first-order valence-electron chi connectivity index (χ1n) is 8.99. The minimum Gasteiger partial charge on any atom is -0.463 e. The van der Waals surface area contributed by atoms with Gasteiger partial charge in [0.05, 0.1) is 28.5 Å². The van der Waals surface area contributed by atoms with Gasteiger partial charge in [-0.1, -0.05) is 41.7 Å². The Morgan fingerprint density at radius 1 is 1.31 bits per heavy atom.